The molecule has 0 saturated carbocycles. The highest BCUT2D eigenvalue weighted by Gasteiger charge is 2.33. The van der Waals surface area contributed by atoms with Gasteiger partial charge in [0.05, 0.1) is 18.7 Å². The zero-order valence-electron chi connectivity index (χ0n) is 25.9. The molecule has 1 heterocycles. The average molecular weight is 580 g/mol. The van der Waals surface area contributed by atoms with Gasteiger partial charge in [-0.1, -0.05) is 72.8 Å². The molecule has 0 bridgehead atoms. The van der Waals surface area contributed by atoms with Gasteiger partial charge in [0.25, 0.3) is 0 Å². The van der Waals surface area contributed by atoms with Crippen LogP contribution in [0.2, 0.25) is 0 Å². The second kappa shape index (κ2) is 12.5. The van der Waals surface area contributed by atoms with Crippen LogP contribution in [0.5, 0.6) is 5.75 Å². The van der Waals surface area contributed by atoms with E-state index < -0.39 is 5.60 Å². The Bertz CT molecular complexity index is 1620. The van der Waals surface area contributed by atoms with E-state index >= 15 is 0 Å². The number of rotatable bonds is 7. The number of carbonyl (C=O) groups excluding carboxylic acids is 2. The summed E-state index contributed by atoms with van der Waals surface area (Å²) in [7, 11) is 1.41. The molecule has 0 fully saturated rings. The van der Waals surface area contributed by atoms with Gasteiger partial charge >= 0.3 is 12.1 Å². The number of para-hydroxylation sites is 1. The largest absolute Gasteiger partial charge is 0.490 e. The van der Waals surface area contributed by atoms with Crippen molar-refractivity contribution >= 4 is 22.8 Å². The van der Waals surface area contributed by atoms with E-state index in [1.165, 1.54) is 7.11 Å². The van der Waals surface area contributed by atoms with Crippen molar-refractivity contribution in [2.45, 2.75) is 71.1 Å². The van der Waals surface area contributed by atoms with Crippen LogP contribution in [0, 0.1) is 6.92 Å². The summed E-state index contributed by atoms with van der Waals surface area (Å²) < 4.78 is 17.5. The van der Waals surface area contributed by atoms with Crippen molar-refractivity contribution in [2.24, 2.45) is 0 Å². The monoisotopic (exact) mass is 579 g/mol. The molecule has 4 aromatic rings. The first kappa shape index (κ1) is 30.1. The lowest BCUT2D eigenvalue weighted by molar-refractivity contribution is 0.0141. The predicted octanol–water partition coefficient (Wildman–Crippen LogP) is 8.61. The van der Waals surface area contributed by atoms with Gasteiger partial charge in [0, 0.05) is 24.4 Å². The van der Waals surface area contributed by atoms with Crippen molar-refractivity contribution in [3.63, 3.8) is 0 Å². The van der Waals surface area contributed by atoms with Crippen molar-refractivity contribution < 1.29 is 23.8 Å². The minimum atomic E-state index is -0.623. The van der Waals surface area contributed by atoms with Gasteiger partial charge in [-0.15, -0.1) is 0 Å². The Hall–Kier alpha value is -4.32. The third-order valence-electron chi connectivity index (χ3n) is 8.22. The first-order chi connectivity index (χ1) is 20.6. The van der Waals surface area contributed by atoms with Crippen LogP contribution in [-0.4, -0.2) is 42.3 Å². The van der Waals surface area contributed by atoms with Gasteiger partial charge in [0.1, 0.15) is 17.5 Å². The Balaban J connectivity index is 1.43. The number of benzene rings is 4. The Kier molecular flexibility index (Phi) is 8.77. The van der Waals surface area contributed by atoms with E-state index in [-0.39, 0.29) is 30.1 Å². The van der Waals surface area contributed by atoms with Crippen molar-refractivity contribution in [1.82, 2.24) is 4.90 Å². The molecule has 0 saturated heterocycles. The summed E-state index contributed by atoms with van der Waals surface area (Å²) in [4.78, 5) is 28.0. The number of aryl methyl sites for hydroxylation is 1. The minimum absolute atomic E-state index is 0.0319. The summed E-state index contributed by atoms with van der Waals surface area (Å²) >= 11 is 0. The number of hydrogen-bond donors (Lipinski definition) is 0. The van der Waals surface area contributed by atoms with Gasteiger partial charge in [-0.3, -0.25) is 0 Å². The fourth-order valence-corrected chi connectivity index (χ4v) is 6.00. The number of carbonyl (C=O) groups is 2. The maximum atomic E-state index is 13.6. The van der Waals surface area contributed by atoms with Gasteiger partial charge in [-0.25, -0.2) is 9.59 Å². The normalized spacial score (nSPS) is 17.0. The molecule has 6 nitrogen and oxygen atoms in total. The lowest BCUT2D eigenvalue weighted by Crippen LogP contribution is -2.41. The SMILES string of the molecule is COC(=O)c1cc(C2CC(CCN(C(=O)OC(C)(C)C)C(C)c3cccc4ccccc34)Oc3ccccc32)ccc1C. The van der Waals surface area contributed by atoms with Crippen LogP contribution in [0.15, 0.2) is 84.9 Å². The first-order valence-electron chi connectivity index (χ1n) is 15.0. The second-order valence-electron chi connectivity index (χ2n) is 12.3. The van der Waals surface area contributed by atoms with Gasteiger partial charge in [0.15, 0.2) is 0 Å². The molecule has 1 amide bonds. The maximum Gasteiger partial charge on any atom is 0.410 e. The van der Waals surface area contributed by atoms with E-state index in [0.717, 1.165) is 38.8 Å². The number of hydrogen-bond acceptors (Lipinski definition) is 5. The van der Waals surface area contributed by atoms with E-state index in [9.17, 15) is 9.59 Å². The highest BCUT2D eigenvalue weighted by molar-refractivity contribution is 5.91. The highest BCUT2D eigenvalue weighted by atomic mass is 16.6. The van der Waals surface area contributed by atoms with Crippen LogP contribution >= 0.6 is 0 Å². The van der Waals surface area contributed by atoms with Crippen molar-refractivity contribution in [1.29, 1.82) is 0 Å². The number of fused-ring (bicyclic) bond motifs is 2. The molecular weight excluding hydrogens is 538 g/mol. The Labute approximate surface area is 254 Å². The van der Waals surface area contributed by atoms with Gasteiger partial charge in [-0.2, -0.15) is 0 Å². The zero-order valence-corrected chi connectivity index (χ0v) is 25.9. The molecule has 3 unspecified atom stereocenters. The summed E-state index contributed by atoms with van der Waals surface area (Å²) in [6.07, 6.45) is 0.842. The lowest BCUT2D eigenvalue weighted by atomic mass is 9.82. The van der Waals surface area contributed by atoms with Crippen LogP contribution in [0.1, 0.15) is 85.1 Å². The number of ether oxygens (including phenoxy) is 3. The number of esters is 1. The number of nitrogens with zero attached hydrogens (tertiary/aromatic N) is 1. The average Bonchev–Trinajstić information content (AvgIpc) is 2.99. The summed E-state index contributed by atoms with van der Waals surface area (Å²) in [5.41, 5.74) is 4.03. The topological polar surface area (TPSA) is 65.1 Å². The Morgan fingerprint density at radius 2 is 1.70 bits per heavy atom. The van der Waals surface area contributed by atoms with Crippen molar-refractivity contribution in [2.75, 3.05) is 13.7 Å². The molecule has 43 heavy (non-hydrogen) atoms. The van der Waals surface area contributed by atoms with E-state index in [0.29, 0.717) is 24.9 Å². The molecule has 3 atom stereocenters. The number of methoxy groups -OCH3 is 1. The second-order valence-corrected chi connectivity index (χ2v) is 12.3. The molecule has 0 aromatic heterocycles. The molecule has 224 valence electrons. The third kappa shape index (κ3) is 6.69. The molecule has 0 radical (unpaired) electrons. The van der Waals surface area contributed by atoms with E-state index in [1.807, 2.05) is 81.1 Å². The van der Waals surface area contributed by atoms with Crippen molar-refractivity contribution in [3.05, 3.63) is 113 Å². The van der Waals surface area contributed by atoms with E-state index in [4.69, 9.17) is 14.2 Å². The van der Waals surface area contributed by atoms with Gasteiger partial charge < -0.3 is 19.1 Å². The zero-order chi connectivity index (χ0) is 30.7. The van der Waals surface area contributed by atoms with Crippen LogP contribution in [0.4, 0.5) is 4.79 Å². The molecule has 5 rings (SSSR count). The smallest absolute Gasteiger partial charge is 0.410 e. The molecular formula is C37H41NO5. The first-order valence-corrected chi connectivity index (χ1v) is 15.0. The fourth-order valence-electron chi connectivity index (χ4n) is 6.00. The van der Waals surface area contributed by atoms with Crippen LogP contribution in [-0.2, 0) is 9.47 Å². The summed E-state index contributed by atoms with van der Waals surface area (Å²) in [6, 6.07) is 28.3. The molecule has 4 aromatic carbocycles. The minimum Gasteiger partial charge on any atom is -0.490 e. The van der Waals surface area contributed by atoms with Crippen LogP contribution in [0.25, 0.3) is 10.8 Å². The molecule has 0 spiro atoms. The van der Waals surface area contributed by atoms with Gasteiger partial charge in [0.2, 0.25) is 0 Å². The number of amides is 1. The highest BCUT2D eigenvalue weighted by Crippen LogP contribution is 2.42. The summed E-state index contributed by atoms with van der Waals surface area (Å²) in [6.45, 7) is 10.1. The third-order valence-corrected chi connectivity index (χ3v) is 8.22. The predicted molar refractivity (Wildman–Crippen MR) is 170 cm³/mol. The lowest BCUT2D eigenvalue weighted by Gasteiger charge is -2.36. The Morgan fingerprint density at radius 3 is 2.47 bits per heavy atom. The van der Waals surface area contributed by atoms with E-state index in [1.54, 1.807) is 0 Å². The Morgan fingerprint density at radius 1 is 0.977 bits per heavy atom. The standard InChI is InChI=1S/C37H41NO5/c1-24-18-19-27(22-32(24)35(39)41-6)33-23-28(42-34-17-10-9-15-31(33)34)20-21-38(36(40)43-37(3,4)5)25(2)29-16-11-13-26-12-7-8-14-30(26)29/h7-19,22,25,28,33H,20-21,23H2,1-6H3. The molecule has 0 aliphatic carbocycles. The van der Waals surface area contributed by atoms with Crippen LogP contribution in [0.3, 0.4) is 0 Å². The molecule has 1 aliphatic heterocycles. The van der Waals surface area contributed by atoms with Crippen LogP contribution < -0.4 is 4.74 Å². The van der Waals surface area contributed by atoms with Gasteiger partial charge in [-0.05, 0) is 80.6 Å². The van der Waals surface area contributed by atoms with E-state index in [2.05, 4.69) is 43.3 Å². The molecule has 6 heteroatoms. The quantitative estimate of drug-likeness (QED) is 0.205. The fraction of sp³-hybridized carbons (Fsp3) is 0.351. The summed E-state index contributed by atoms with van der Waals surface area (Å²) in [5.74, 6) is 0.519. The molecule has 1 aliphatic rings. The molecule has 0 N–H and O–H groups in total. The maximum absolute atomic E-state index is 13.6. The van der Waals surface area contributed by atoms with Crippen molar-refractivity contribution in [3.8, 4) is 5.75 Å². The summed E-state index contributed by atoms with van der Waals surface area (Å²) in [5, 5.41) is 2.25.